The lowest BCUT2D eigenvalue weighted by Crippen LogP contribution is -2.36. The highest BCUT2D eigenvalue weighted by molar-refractivity contribution is 5.77. The van der Waals surface area contributed by atoms with Gasteiger partial charge in [-0.2, -0.15) is 0 Å². The van der Waals surface area contributed by atoms with E-state index in [4.69, 9.17) is 4.74 Å². The fourth-order valence-corrected chi connectivity index (χ4v) is 1.03. The molecule has 0 aliphatic rings. The molecule has 0 saturated heterocycles. The number of amides is 1. The van der Waals surface area contributed by atoms with E-state index in [2.05, 4.69) is 10.6 Å². The molecule has 1 atom stereocenters. The van der Waals surface area contributed by atoms with Gasteiger partial charge in [0.05, 0.1) is 19.3 Å². The van der Waals surface area contributed by atoms with Crippen LogP contribution in [0.5, 0.6) is 0 Å². The van der Waals surface area contributed by atoms with Crippen LogP contribution in [0, 0.1) is 0 Å². The summed E-state index contributed by atoms with van der Waals surface area (Å²) in [5.41, 5.74) is 0. The maximum absolute atomic E-state index is 11.1. The van der Waals surface area contributed by atoms with Gasteiger partial charge >= 0.3 is 0 Å². The van der Waals surface area contributed by atoms with Crippen LogP contribution in [0.1, 0.15) is 19.8 Å². The Morgan fingerprint density at radius 1 is 1.47 bits per heavy atom. The Morgan fingerprint density at radius 3 is 2.80 bits per heavy atom. The van der Waals surface area contributed by atoms with Crippen molar-refractivity contribution in [2.75, 3.05) is 33.4 Å². The predicted molar refractivity (Wildman–Crippen MR) is 58.7 cm³/mol. The number of carbonyl (C=O) groups is 1. The first-order chi connectivity index (χ1) is 7.20. The molecule has 5 nitrogen and oxygen atoms in total. The lowest BCUT2D eigenvalue weighted by atomic mass is 10.2. The molecule has 0 spiro atoms. The van der Waals surface area contributed by atoms with Gasteiger partial charge in [-0.15, -0.1) is 0 Å². The zero-order valence-corrected chi connectivity index (χ0v) is 9.58. The normalized spacial score (nSPS) is 12.5. The summed E-state index contributed by atoms with van der Waals surface area (Å²) < 4.78 is 4.80. The average molecular weight is 218 g/mol. The van der Waals surface area contributed by atoms with E-state index in [1.165, 1.54) is 0 Å². The van der Waals surface area contributed by atoms with E-state index in [9.17, 15) is 9.90 Å². The van der Waals surface area contributed by atoms with Gasteiger partial charge in [0.15, 0.2) is 0 Å². The highest BCUT2D eigenvalue weighted by Gasteiger charge is 2.02. The summed E-state index contributed by atoms with van der Waals surface area (Å²) in [6, 6.07) is 0. The third-order valence-corrected chi connectivity index (χ3v) is 2.04. The summed E-state index contributed by atoms with van der Waals surface area (Å²) in [5.74, 6) is -0.0435. The van der Waals surface area contributed by atoms with Crippen molar-refractivity contribution in [3.05, 3.63) is 0 Å². The molecule has 0 radical (unpaired) electrons. The molecule has 0 aliphatic carbocycles. The molecule has 3 N–H and O–H groups in total. The summed E-state index contributed by atoms with van der Waals surface area (Å²) in [6.07, 6.45) is 1.16. The van der Waals surface area contributed by atoms with E-state index in [0.29, 0.717) is 32.7 Å². The van der Waals surface area contributed by atoms with Gasteiger partial charge in [-0.3, -0.25) is 4.79 Å². The molecule has 0 aromatic carbocycles. The summed E-state index contributed by atoms with van der Waals surface area (Å²) >= 11 is 0. The molecular formula is C10H22N2O3. The number of aliphatic hydroxyl groups is 1. The second-order valence-corrected chi connectivity index (χ2v) is 3.37. The average Bonchev–Trinajstić information content (AvgIpc) is 2.24. The van der Waals surface area contributed by atoms with Crippen LogP contribution in [0.4, 0.5) is 0 Å². The molecule has 1 unspecified atom stereocenters. The maximum atomic E-state index is 11.1. The van der Waals surface area contributed by atoms with Crippen molar-refractivity contribution in [2.45, 2.75) is 25.9 Å². The van der Waals surface area contributed by atoms with Crippen LogP contribution >= 0.6 is 0 Å². The molecule has 0 fully saturated rings. The van der Waals surface area contributed by atoms with E-state index in [0.717, 1.165) is 6.42 Å². The standard InChI is InChI=1S/C10H22N2O3/c1-3-9(13)4-5-11-8-10(14)12-6-7-15-2/h9,11,13H,3-8H2,1-2H3,(H,12,14). The third-order valence-electron chi connectivity index (χ3n) is 2.04. The molecule has 0 aromatic rings. The van der Waals surface area contributed by atoms with Crippen LogP contribution in [0.2, 0.25) is 0 Å². The minimum atomic E-state index is -0.269. The second-order valence-electron chi connectivity index (χ2n) is 3.37. The van der Waals surface area contributed by atoms with Crippen LogP contribution in [-0.2, 0) is 9.53 Å². The van der Waals surface area contributed by atoms with Crippen LogP contribution in [0.3, 0.4) is 0 Å². The van der Waals surface area contributed by atoms with E-state index < -0.39 is 0 Å². The van der Waals surface area contributed by atoms with Gasteiger partial charge in [0, 0.05) is 13.7 Å². The topological polar surface area (TPSA) is 70.6 Å². The number of ether oxygens (including phenoxy) is 1. The van der Waals surface area contributed by atoms with Gasteiger partial charge < -0.3 is 20.5 Å². The molecule has 1 amide bonds. The zero-order valence-electron chi connectivity index (χ0n) is 9.58. The van der Waals surface area contributed by atoms with Gasteiger partial charge in [0.25, 0.3) is 0 Å². The monoisotopic (exact) mass is 218 g/mol. The number of hydrogen-bond donors (Lipinski definition) is 3. The summed E-state index contributed by atoms with van der Waals surface area (Å²) in [5, 5.41) is 14.9. The fraction of sp³-hybridized carbons (Fsp3) is 0.900. The largest absolute Gasteiger partial charge is 0.393 e. The van der Waals surface area contributed by atoms with Crippen molar-refractivity contribution in [1.82, 2.24) is 10.6 Å². The van der Waals surface area contributed by atoms with Crippen molar-refractivity contribution in [2.24, 2.45) is 0 Å². The molecule has 0 aromatic heterocycles. The number of carbonyl (C=O) groups excluding carboxylic acids is 1. The second kappa shape index (κ2) is 9.89. The highest BCUT2D eigenvalue weighted by atomic mass is 16.5. The minimum absolute atomic E-state index is 0.0435. The predicted octanol–water partition coefficient (Wildman–Crippen LogP) is -0.500. The Kier molecular flexibility index (Phi) is 9.46. The third kappa shape index (κ3) is 9.65. The number of methoxy groups -OCH3 is 1. The molecule has 15 heavy (non-hydrogen) atoms. The van der Waals surface area contributed by atoms with Gasteiger partial charge in [-0.05, 0) is 19.4 Å². The Bertz CT molecular complexity index is 165. The van der Waals surface area contributed by atoms with Crippen molar-refractivity contribution in [1.29, 1.82) is 0 Å². The molecule has 0 saturated carbocycles. The first-order valence-electron chi connectivity index (χ1n) is 5.35. The molecule has 90 valence electrons. The summed E-state index contributed by atoms with van der Waals surface area (Å²) in [7, 11) is 1.59. The van der Waals surface area contributed by atoms with Crippen LogP contribution in [-0.4, -0.2) is 50.5 Å². The first-order valence-corrected chi connectivity index (χ1v) is 5.35. The van der Waals surface area contributed by atoms with Gasteiger partial charge in [0.2, 0.25) is 5.91 Å². The molecule has 5 heteroatoms. The number of nitrogens with one attached hydrogen (secondary N) is 2. The summed E-state index contributed by atoms with van der Waals surface area (Å²) in [4.78, 5) is 11.1. The fourth-order valence-electron chi connectivity index (χ4n) is 1.03. The van der Waals surface area contributed by atoms with Crippen molar-refractivity contribution >= 4 is 5.91 Å². The first kappa shape index (κ1) is 14.3. The molecule has 0 rings (SSSR count). The van der Waals surface area contributed by atoms with Crippen LogP contribution in [0.25, 0.3) is 0 Å². The van der Waals surface area contributed by atoms with Crippen LogP contribution < -0.4 is 10.6 Å². The molecular weight excluding hydrogens is 196 g/mol. The Morgan fingerprint density at radius 2 is 2.20 bits per heavy atom. The minimum Gasteiger partial charge on any atom is -0.393 e. The van der Waals surface area contributed by atoms with E-state index in [1.807, 2.05) is 6.92 Å². The molecule has 0 bridgehead atoms. The summed E-state index contributed by atoms with van der Waals surface area (Å²) in [6.45, 7) is 3.95. The molecule has 0 aliphatic heterocycles. The van der Waals surface area contributed by atoms with Crippen molar-refractivity contribution in [3.63, 3.8) is 0 Å². The van der Waals surface area contributed by atoms with Gasteiger partial charge in [-0.25, -0.2) is 0 Å². The lowest BCUT2D eigenvalue weighted by Gasteiger charge is -2.08. The Labute approximate surface area is 91.2 Å². The van der Waals surface area contributed by atoms with E-state index >= 15 is 0 Å². The van der Waals surface area contributed by atoms with E-state index in [-0.39, 0.29) is 12.0 Å². The SMILES string of the molecule is CCC(O)CCNCC(=O)NCCOC. The number of aliphatic hydroxyl groups excluding tert-OH is 1. The van der Waals surface area contributed by atoms with Gasteiger partial charge in [-0.1, -0.05) is 6.92 Å². The number of hydrogen-bond acceptors (Lipinski definition) is 4. The van der Waals surface area contributed by atoms with Gasteiger partial charge in [0.1, 0.15) is 0 Å². The highest BCUT2D eigenvalue weighted by Crippen LogP contribution is 1.93. The lowest BCUT2D eigenvalue weighted by molar-refractivity contribution is -0.120. The van der Waals surface area contributed by atoms with Crippen LogP contribution in [0.15, 0.2) is 0 Å². The quantitative estimate of drug-likeness (QED) is 0.456. The number of rotatable bonds is 9. The zero-order chi connectivity index (χ0) is 11.5. The van der Waals surface area contributed by atoms with E-state index in [1.54, 1.807) is 7.11 Å². The smallest absolute Gasteiger partial charge is 0.234 e. The molecule has 0 heterocycles. The Hall–Kier alpha value is -0.650. The van der Waals surface area contributed by atoms with Crippen molar-refractivity contribution in [3.8, 4) is 0 Å². The van der Waals surface area contributed by atoms with Crippen molar-refractivity contribution < 1.29 is 14.6 Å². The Balaban J connectivity index is 3.23. The maximum Gasteiger partial charge on any atom is 0.234 e.